The molecule has 17 heavy (non-hydrogen) atoms. The van der Waals surface area contributed by atoms with Gasteiger partial charge in [0.05, 0.1) is 4.92 Å². The SMILES string of the molecule is CC(C)NC(=O)Nc1cc(F)ccc1[N+](=O)[O-]. The minimum Gasteiger partial charge on any atom is -0.336 e. The topological polar surface area (TPSA) is 84.3 Å². The van der Waals surface area contributed by atoms with Crippen molar-refractivity contribution in [2.75, 3.05) is 5.32 Å². The van der Waals surface area contributed by atoms with Crippen LogP contribution in [0.25, 0.3) is 0 Å². The van der Waals surface area contributed by atoms with Crippen LogP contribution in [0.5, 0.6) is 0 Å². The number of nitro groups is 1. The van der Waals surface area contributed by atoms with Gasteiger partial charge in [0.15, 0.2) is 0 Å². The highest BCUT2D eigenvalue weighted by Crippen LogP contribution is 2.24. The molecule has 0 aliphatic carbocycles. The fourth-order valence-corrected chi connectivity index (χ4v) is 1.19. The molecule has 0 heterocycles. The maximum atomic E-state index is 12.9. The van der Waals surface area contributed by atoms with E-state index in [1.165, 1.54) is 0 Å². The van der Waals surface area contributed by atoms with E-state index in [1.54, 1.807) is 13.8 Å². The number of urea groups is 1. The Morgan fingerprint density at radius 2 is 2.12 bits per heavy atom. The van der Waals surface area contributed by atoms with Crippen LogP contribution in [0.3, 0.4) is 0 Å². The summed E-state index contributed by atoms with van der Waals surface area (Å²) in [7, 11) is 0. The predicted molar refractivity (Wildman–Crippen MR) is 60.3 cm³/mol. The summed E-state index contributed by atoms with van der Waals surface area (Å²) in [5, 5.41) is 15.4. The van der Waals surface area contributed by atoms with Gasteiger partial charge in [-0.1, -0.05) is 0 Å². The lowest BCUT2D eigenvalue weighted by Crippen LogP contribution is -2.34. The lowest BCUT2D eigenvalue weighted by molar-refractivity contribution is -0.384. The molecule has 0 spiro atoms. The third-order valence-corrected chi connectivity index (χ3v) is 1.82. The second-order valence-electron chi connectivity index (χ2n) is 3.67. The maximum absolute atomic E-state index is 12.9. The van der Waals surface area contributed by atoms with Crippen molar-refractivity contribution < 1.29 is 14.1 Å². The number of hydrogen-bond acceptors (Lipinski definition) is 3. The standard InChI is InChI=1S/C10H12FN3O3/c1-6(2)12-10(15)13-8-5-7(11)3-4-9(8)14(16)17/h3-6H,1-2H3,(H2,12,13,15). The molecule has 0 aliphatic rings. The maximum Gasteiger partial charge on any atom is 0.319 e. The quantitative estimate of drug-likeness (QED) is 0.628. The number of anilines is 1. The Morgan fingerprint density at radius 1 is 1.47 bits per heavy atom. The van der Waals surface area contributed by atoms with Crippen molar-refractivity contribution in [1.29, 1.82) is 0 Å². The highest BCUT2D eigenvalue weighted by Gasteiger charge is 2.16. The lowest BCUT2D eigenvalue weighted by atomic mass is 10.2. The van der Waals surface area contributed by atoms with Crippen LogP contribution >= 0.6 is 0 Å². The summed E-state index contributed by atoms with van der Waals surface area (Å²) < 4.78 is 12.9. The van der Waals surface area contributed by atoms with Gasteiger partial charge in [-0.15, -0.1) is 0 Å². The Labute approximate surface area is 97.0 Å². The van der Waals surface area contributed by atoms with Crippen molar-refractivity contribution in [3.8, 4) is 0 Å². The van der Waals surface area contributed by atoms with Crippen molar-refractivity contribution in [1.82, 2.24) is 5.32 Å². The zero-order valence-corrected chi connectivity index (χ0v) is 9.36. The average molecular weight is 241 g/mol. The first-order valence-corrected chi connectivity index (χ1v) is 4.91. The van der Waals surface area contributed by atoms with E-state index in [-0.39, 0.29) is 17.4 Å². The molecule has 0 unspecified atom stereocenters. The third-order valence-electron chi connectivity index (χ3n) is 1.82. The van der Waals surface area contributed by atoms with Crippen LogP contribution < -0.4 is 10.6 Å². The van der Waals surface area contributed by atoms with Crippen LogP contribution in [0.15, 0.2) is 18.2 Å². The van der Waals surface area contributed by atoms with E-state index in [0.717, 1.165) is 18.2 Å². The molecule has 0 aromatic heterocycles. The fraction of sp³-hybridized carbons (Fsp3) is 0.300. The van der Waals surface area contributed by atoms with Crippen LogP contribution in [0, 0.1) is 15.9 Å². The molecule has 0 bridgehead atoms. The van der Waals surface area contributed by atoms with Crippen LogP contribution in [0.4, 0.5) is 20.6 Å². The highest BCUT2D eigenvalue weighted by molar-refractivity contribution is 5.91. The zero-order chi connectivity index (χ0) is 13.0. The van der Waals surface area contributed by atoms with Crippen LogP contribution in [0.2, 0.25) is 0 Å². The van der Waals surface area contributed by atoms with Gasteiger partial charge >= 0.3 is 6.03 Å². The Kier molecular flexibility index (Phi) is 3.97. The summed E-state index contributed by atoms with van der Waals surface area (Å²) in [6.45, 7) is 3.47. The number of hydrogen-bond donors (Lipinski definition) is 2. The monoisotopic (exact) mass is 241 g/mol. The first kappa shape index (κ1) is 12.9. The van der Waals surface area contributed by atoms with E-state index in [2.05, 4.69) is 10.6 Å². The summed E-state index contributed by atoms with van der Waals surface area (Å²) in [6.07, 6.45) is 0. The molecule has 0 saturated heterocycles. The van der Waals surface area contributed by atoms with E-state index in [9.17, 15) is 19.3 Å². The summed E-state index contributed by atoms with van der Waals surface area (Å²) >= 11 is 0. The van der Waals surface area contributed by atoms with E-state index in [0.29, 0.717) is 0 Å². The molecule has 1 rings (SSSR count). The van der Waals surface area contributed by atoms with Crippen molar-refractivity contribution in [3.63, 3.8) is 0 Å². The summed E-state index contributed by atoms with van der Waals surface area (Å²) in [4.78, 5) is 21.3. The van der Waals surface area contributed by atoms with Gasteiger partial charge < -0.3 is 10.6 Å². The Morgan fingerprint density at radius 3 is 2.65 bits per heavy atom. The minimum atomic E-state index is -0.690. The van der Waals surface area contributed by atoms with Gasteiger partial charge in [-0.05, 0) is 19.9 Å². The smallest absolute Gasteiger partial charge is 0.319 e. The van der Waals surface area contributed by atoms with E-state index in [1.807, 2.05) is 0 Å². The van der Waals surface area contributed by atoms with Crippen molar-refractivity contribution >= 4 is 17.4 Å². The van der Waals surface area contributed by atoms with Gasteiger partial charge in [-0.3, -0.25) is 10.1 Å². The number of rotatable bonds is 3. The first-order valence-electron chi connectivity index (χ1n) is 4.91. The van der Waals surface area contributed by atoms with Crippen LogP contribution in [-0.4, -0.2) is 17.0 Å². The number of nitrogens with one attached hydrogen (secondary N) is 2. The number of carbonyl (C=O) groups excluding carboxylic acids is 1. The van der Waals surface area contributed by atoms with Gasteiger partial charge in [-0.2, -0.15) is 0 Å². The van der Waals surface area contributed by atoms with E-state index in [4.69, 9.17) is 0 Å². The summed E-state index contributed by atoms with van der Waals surface area (Å²) in [5.74, 6) is -0.657. The second-order valence-corrected chi connectivity index (χ2v) is 3.67. The molecule has 1 aromatic rings. The van der Waals surface area contributed by atoms with Gasteiger partial charge in [0.25, 0.3) is 5.69 Å². The van der Waals surface area contributed by atoms with Gasteiger partial charge in [0.2, 0.25) is 0 Å². The molecule has 0 radical (unpaired) electrons. The van der Waals surface area contributed by atoms with Crippen molar-refractivity contribution in [3.05, 3.63) is 34.1 Å². The third kappa shape index (κ3) is 3.71. The molecule has 92 valence electrons. The van der Waals surface area contributed by atoms with Crippen molar-refractivity contribution in [2.45, 2.75) is 19.9 Å². The highest BCUT2D eigenvalue weighted by atomic mass is 19.1. The predicted octanol–water partition coefficient (Wildman–Crippen LogP) is 2.26. The average Bonchev–Trinajstić information content (AvgIpc) is 2.15. The largest absolute Gasteiger partial charge is 0.336 e. The summed E-state index contributed by atoms with van der Waals surface area (Å²) in [6, 6.07) is 2.12. The second kappa shape index (κ2) is 5.24. The van der Waals surface area contributed by atoms with Crippen LogP contribution in [-0.2, 0) is 0 Å². The van der Waals surface area contributed by atoms with Crippen molar-refractivity contribution in [2.24, 2.45) is 0 Å². The number of halogens is 1. The molecule has 0 saturated carbocycles. The molecule has 2 amide bonds. The van der Waals surface area contributed by atoms with Crippen LogP contribution in [0.1, 0.15) is 13.8 Å². The Hall–Kier alpha value is -2.18. The van der Waals surface area contributed by atoms with E-state index >= 15 is 0 Å². The lowest BCUT2D eigenvalue weighted by Gasteiger charge is -2.10. The molecule has 0 atom stereocenters. The molecular weight excluding hydrogens is 229 g/mol. The molecule has 6 nitrogen and oxygen atoms in total. The first-order chi connectivity index (χ1) is 7.90. The number of nitrogens with zero attached hydrogens (tertiary/aromatic N) is 1. The van der Waals surface area contributed by atoms with Gasteiger partial charge in [0, 0.05) is 18.2 Å². The Balaban J connectivity index is 2.92. The summed E-state index contributed by atoms with van der Waals surface area (Å²) in [5.41, 5.74) is -0.529. The molecule has 0 aliphatic heterocycles. The normalized spacial score (nSPS) is 10.1. The Bertz CT molecular complexity index is 448. The van der Waals surface area contributed by atoms with E-state index < -0.39 is 16.8 Å². The zero-order valence-electron chi connectivity index (χ0n) is 9.36. The minimum absolute atomic E-state index is 0.123. The number of nitro benzene ring substituents is 1. The molecule has 7 heteroatoms. The molecule has 0 fully saturated rings. The number of benzene rings is 1. The van der Waals surface area contributed by atoms with Gasteiger partial charge in [0.1, 0.15) is 11.5 Å². The number of carbonyl (C=O) groups is 1. The molecule has 2 N–H and O–H groups in total. The number of amides is 2. The van der Waals surface area contributed by atoms with Gasteiger partial charge in [-0.25, -0.2) is 9.18 Å². The molecule has 1 aromatic carbocycles. The fourth-order valence-electron chi connectivity index (χ4n) is 1.19. The molecular formula is C10H12FN3O3.